The highest BCUT2D eigenvalue weighted by molar-refractivity contribution is 8.19. The Hall–Kier alpha value is -2.13. The van der Waals surface area contributed by atoms with Crippen LogP contribution in [0.15, 0.2) is 36.4 Å². The van der Waals surface area contributed by atoms with Crippen molar-refractivity contribution >= 4 is 41.0 Å². The van der Waals surface area contributed by atoms with Crippen LogP contribution >= 0.6 is 23.5 Å². The van der Waals surface area contributed by atoms with Gasteiger partial charge in [0.2, 0.25) is 5.91 Å². The molecule has 1 saturated heterocycles. The Morgan fingerprint density at radius 1 is 0.963 bits per heavy atom. The van der Waals surface area contributed by atoms with E-state index in [-0.39, 0.29) is 0 Å². The third kappa shape index (κ3) is 4.78. The van der Waals surface area contributed by atoms with E-state index in [4.69, 9.17) is 0 Å². The molecule has 2 aromatic rings. The van der Waals surface area contributed by atoms with E-state index in [1.165, 1.54) is 0 Å². The number of thioether (sulfide) groups is 2. The molecule has 1 fully saturated rings. The maximum Gasteiger partial charge on any atom is 0.251 e. The molecule has 1 heterocycles. The monoisotopic (exact) mass is 412 g/mol. The quantitative estimate of drug-likeness (QED) is 0.731. The third-order valence-corrected chi connectivity index (χ3v) is 6.89. The number of rotatable bonds is 5. The fourth-order valence-corrected chi connectivity index (χ4v) is 5.28. The maximum atomic E-state index is 13.5. The van der Waals surface area contributed by atoms with E-state index in [1.54, 1.807) is 12.1 Å². The van der Waals surface area contributed by atoms with Gasteiger partial charge in [-0.15, -0.1) is 23.5 Å². The van der Waals surface area contributed by atoms with Crippen molar-refractivity contribution < 1.29 is 22.8 Å². The van der Waals surface area contributed by atoms with Gasteiger partial charge in [0, 0.05) is 17.1 Å². The SMILES string of the molecule is O=C(CNC(=O)c1ccc(C2SCCS2)cc1)Nc1ccc(F)c(F)c1F. The average Bonchev–Trinajstić information content (AvgIpc) is 3.21. The van der Waals surface area contributed by atoms with Crippen molar-refractivity contribution in [1.82, 2.24) is 5.32 Å². The van der Waals surface area contributed by atoms with E-state index in [1.807, 2.05) is 35.7 Å². The van der Waals surface area contributed by atoms with Gasteiger partial charge in [0.15, 0.2) is 17.5 Å². The molecule has 3 rings (SSSR count). The zero-order valence-corrected chi connectivity index (χ0v) is 15.6. The predicted molar refractivity (Wildman–Crippen MR) is 101 cm³/mol. The van der Waals surface area contributed by atoms with Gasteiger partial charge < -0.3 is 10.6 Å². The van der Waals surface area contributed by atoms with Gasteiger partial charge in [0.05, 0.1) is 16.8 Å². The van der Waals surface area contributed by atoms with Gasteiger partial charge in [-0.05, 0) is 29.8 Å². The Morgan fingerprint density at radius 3 is 2.30 bits per heavy atom. The first-order valence-corrected chi connectivity index (χ1v) is 10.1. The molecule has 0 bridgehead atoms. The van der Waals surface area contributed by atoms with E-state index in [0.29, 0.717) is 16.2 Å². The molecule has 27 heavy (non-hydrogen) atoms. The van der Waals surface area contributed by atoms with Crippen molar-refractivity contribution in [1.29, 1.82) is 0 Å². The topological polar surface area (TPSA) is 58.2 Å². The van der Waals surface area contributed by atoms with Gasteiger partial charge in [-0.1, -0.05) is 12.1 Å². The lowest BCUT2D eigenvalue weighted by atomic mass is 10.1. The largest absolute Gasteiger partial charge is 0.343 e. The summed E-state index contributed by atoms with van der Waals surface area (Å²) in [7, 11) is 0. The molecule has 1 aliphatic heterocycles. The number of anilines is 1. The van der Waals surface area contributed by atoms with Crippen LogP contribution in [0.2, 0.25) is 0 Å². The summed E-state index contributed by atoms with van der Waals surface area (Å²) in [5, 5.41) is 4.49. The fraction of sp³-hybridized carbons (Fsp3) is 0.222. The number of carbonyl (C=O) groups excluding carboxylic acids is 2. The summed E-state index contributed by atoms with van der Waals surface area (Å²) in [6.45, 7) is -0.437. The molecular weight excluding hydrogens is 397 g/mol. The van der Waals surface area contributed by atoms with E-state index >= 15 is 0 Å². The molecule has 142 valence electrons. The van der Waals surface area contributed by atoms with Crippen LogP contribution < -0.4 is 10.6 Å². The third-order valence-electron chi connectivity index (χ3n) is 3.79. The van der Waals surface area contributed by atoms with E-state index in [9.17, 15) is 22.8 Å². The summed E-state index contributed by atoms with van der Waals surface area (Å²) in [6, 6.07) is 8.72. The first-order chi connectivity index (χ1) is 13.0. The molecular formula is C18H15F3N2O2S2. The van der Waals surface area contributed by atoms with Gasteiger partial charge in [0.25, 0.3) is 5.91 Å². The van der Waals surface area contributed by atoms with Gasteiger partial charge in [-0.2, -0.15) is 0 Å². The number of carbonyl (C=O) groups is 2. The molecule has 2 aromatic carbocycles. The molecule has 2 amide bonds. The van der Waals surface area contributed by atoms with Gasteiger partial charge in [-0.25, -0.2) is 13.2 Å². The highest BCUT2D eigenvalue weighted by Crippen LogP contribution is 2.45. The van der Waals surface area contributed by atoms with Gasteiger partial charge in [-0.3, -0.25) is 9.59 Å². The number of hydrogen-bond acceptors (Lipinski definition) is 4. The number of halogens is 3. The maximum absolute atomic E-state index is 13.5. The van der Waals surface area contributed by atoms with Crippen LogP contribution in [0, 0.1) is 17.5 Å². The molecule has 1 aliphatic rings. The van der Waals surface area contributed by atoms with Crippen molar-refractivity contribution in [3.63, 3.8) is 0 Å². The highest BCUT2D eigenvalue weighted by Gasteiger charge is 2.19. The minimum atomic E-state index is -1.67. The molecule has 0 aliphatic carbocycles. The first-order valence-electron chi connectivity index (χ1n) is 8.00. The Labute approximate surface area is 162 Å². The standard InChI is InChI=1S/C18H15F3N2O2S2/c19-12-5-6-13(16(21)15(12)20)23-14(24)9-22-17(25)10-1-3-11(4-2-10)18-26-7-8-27-18/h1-6,18H,7-9H2,(H,22,25)(H,23,24). The minimum Gasteiger partial charge on any atom is -0.343 e. The summed E-state index contributed by atoms with van der Waals surface area (Å²) in [6.07, 6.45) is 0. The molecule has 4 nitrogen and oxygen atoms in total. The van der Waals surface area contributed by atoms with Crippen LogP contribution in [-0.2, 0) is 4.79 Å². The molecule has 0 spiro atoms. The van der Waals surface area contributed by atoms with E-state index in [2.05, 4.69) is 10.6 Å². The van der Waals surface area contributed by atoms with E-state index in [0.717, 1.165) is 23.1 Å². The Balaban J connectivity index is 1.54. The summed E-state index contributed by atoms with van der Waals surface area (Å²) in [5.74, 6) is -3.53. The lowest BCUT2D eigenvalue weighted by Crippen LogP contribution is -2.33. The molecule has 0 atom stereocenters. The van der Waals surface area contributed by atoms with E-state index < -0.39 is 41.5 Å². The van der Waals surface area contributed by atoms with Crippen LogP contribution in [0.4, 0.5) is 18.9 Å². The number of nitrogens with one attached hydrogen (secondary N) is 2. The summed E-state index contributed by atoms with van der Waals surface area (Å²) in [4.78, 5) is 23.9. The molecule has 9 heteroatoms. The zero-order chi connectivity index (χ0) is 19.4. The number of amides is 2. The molecule has 0 radical (unpaired) electrons. The Kier molecular flexibility index (Phi) is 6.33. The average molecular weight is 412 g/mol. The number of hydrogen-bond donors (Lipinski definition) is 2. The van der Waals surface area contributed by atoms with Crippen molar-refractivity contribution in [3.05, 3.63) is 65.0 Å². The first kappa shape index (κ1) is 19.6. The van der Waals surface area contributed by atoms with Crippen molar-refractivity contribution in [3.8, 4) is 0 Å². The van der Waals surface area contributed by atoms with Crippen LogP contribution in [0.3, 0.4) is 0 Å². The summed E-state index contributed by atoms with van der Waals surface area (Å²) < 4.78 is 39.9. The van der Waals surface area contributed by atoms with Gasteiger partial charge >= 0.3 is 0 Å². The van der Waals surface area contributed by atoms with Crippen LogP contribution in [0.5, 0.6) is 0 Å². The minimum absolute atomic E-state index is 0.374. The van der Waals surface area contributed by atoms with Gasteiger partial charge in [0.1, 0.15) is 0 Å². The van der Waals surface area contributed by atoms with Crippen LogP contribution in [-0.4, -0.2) is 29.9 Å². The lowest BCUT2D eigenvalue weighted by molar-refractivity contribution is -0.115. The second kappa shape index (κ2) is 8.71. The van der Waals surface area contributed by atoms with Crippen molar-refractivity contribution in [2.45, 2.75) is 4.58 Å². The fourth-order valence-electron chi connectivity index (χ4n) is 2.42. The molecule has 0 aromatic heterocycles. The normalized spacial score (nSPS) is 14.2. The van der Waals surface area contributed by atoms with Crippen LogP contribution in [0.25, 0.3) is 0 Å². The summed E-state index contributed by atoms with van der Waals surface area (Å²) >= 11 is 3.71. The smallest absolute Gasteiger partial charge is 0.251 e. The second-order valence-electron chi connectivity index (χ2n) is 5.65. The van der Waals surface area contributed by atoms with Crippen LogP contribution in [0.1, 0.15) is 20.5 Å². The van der Waals surface area contributed by atoms with Crippen molar-refractivity contribution in [2.24, 2.45) is 0 Å². The summed E-state index contributed by atoms with van der Waals surface area (Å²) in [5.41, 5.74) is 1.02. The molecule has 2 N–H and O–H groups in total. The highest BCUT2D eigenvalue weighted by atomic mass is 32.2. The lowest BCUT2D eigenvalue weighted by Gasteiger charge is -2.10. The predicted octanol–water partition coefficient (Wildman–Crippen LogP) is 3.95. The zero-order valence-electron chi connectivity index (χ0n) is 13.9. The Bertz CT molecular complexity index is 856. The second-order valence-corrected chi connectivity index (χ2v) is 8.37. The molecule has 0 unspecified atom stereocenters. The molecule has 0 saturated carbocycles. The number of benzene rings is 2. The Morgan fingerprint density at radius 2 is 1.63 bits per heavy atom. The van der Waals surface area contributed by atoms with Crippen molar-refractivity contribution in [2.75, 3.05) is 23.4 Å².